The molecule has 0 radical (unpaired) electrons. The third-order valence-electron chi connectivity index (χ3n) is 2.64. The molecule has 0 saturated carbocycles. The first kappa shape index (κ1) is 15.4. The van der Waals surface area contributed by atoms with Gasteiger partial charge in [0, 0.05) is 19.1 Å². The Labute approximate surface area is 131 Å². The Kier molecular flexibility index (Phi) is 4.54. The van der Waals surface area contributed by atoms with E-state index in [1.165, 1.54) is 18.4 Å². The molecule has 1 heterocycles. The number of anilines is 3. The second-order valence-corrected chi connectivity index (χ2v) is 5.82. The molecule has 2 aromatic rings. The van der Waals surface area contributed by atoms with Crippen LogP contribution < -0.4 is 20.7 Å². The Morgan fingerprint density at radius 1 is 1.48 bits per heavy atom. The van der Waals surface area contributed by atoms with Gasteiger partial charge in [0.15, 0.2) is 5.13 Å². The summed E-state index contributed by atoms with van der Waals surface area (Å²) in [5, 5.41) is 3.90. The zero-order valence-corrected chi connectivity index (χ0v) is 13.4. The molecule has 1 aromatic heterocycles. The van der Waals surface area contributed by atoms with Crippen LogP contribution in [0.5, 0.6) is 5.75 Å². The van der Waals surface area contributed by atoms with E-state index in [0.717, 1.165) is 0 Å². The van der Waals surface area contributed by atoms with Gasteiger partial charge in [0.2, 0.25) is 0 Å². The van der Waals surface area contributed by atoms with Gasteiger partial charge in [-0.15, -0.1) is 0 Å². The van der Waals surface area contributed by atoms with Crippen LogP contribution in [0, 0.1) is 0 Å². The van der Waals surface area contributed by atoms with Crippen molar-refractivity contribution < 1.29 is 9.53 Å². The molecule has 0 saturated heterocycles. The Bertz CT molecular complexity index is 672. The van der Waals surface area contributed by atoms with E-state index in [1.54, 1.807) is 23.1 Å². The predicted molar refractivity (Wildman–Crippen MR) is 86.8 cm³/mol. The summed E-state index contributed by atoms with van der Waals surface area (Å²) in [5.74, 6) is 0.365. The van der Waals surface area contributed by atoms with Crippen molar-refractivity contribution in [2.45, 2.75) is 0 Å². The Morgan fingerprint density at radius 2 is 2.19 bits per heavy atom. The van der Waals surface area contributed by atoms with E-state index in [9.17, 15) is 4.79 Å². The lowest BCUT2D eigenvalue weighted by Gasteiger charge is -2.10. The van der Waals surface area contributed by atoms with Gasteiger partial charge in [-0.25, -0.2) is 4.98 Å². The molecule has 0 aliphatic carbocycles. The first-order valence-corrected chi connectivity index (χ1v) is 7.20. The molecule has 6 nitrogen and oxygen atoms in total. The summed E-state index contributed by atoms with van der Waals surface area (Å²) in [6.45, 7) is 0. The highest BCUT2D eigenvalue weighted by Gasteiger charge is 2.18. The molecule has 0 spiro atoms. The van der Waals surface area contributed by atoms with Gasteiger partial charge >= 0.3 is 0 Å². The summed E-state index contributed by atoms with van der Waals surface area (Å²) in [4.78, 5) is 18.6. The van der Waals surface area contributed by atoms with E-state index in [0.29, 0.717) is 26.5 Å². The average Bonchev–Trinajstić information content (AvgIpc) is 2.81. The summed E-state index contributed by atoms with van der Waals surface area (Å²) < 4.78 is 5.19. The molecule has 0 unspecified atom stereocenters. The molecule has 21 heavy (non-hydrogen) atoms. The summed E-state index contributed by atoms with van der Waals surface area (Å²) in [5.41, 5.74) is 6.27. The van der Waals surface area contributed by atoms with Crippen LogP contribution in [0.1, 0.15) is 9.67 Å². The number of aromatic nitrogens is 1. The van der Waals surface area contributed by atoms with E-state index >= 15 is 0 Å². The molecule has 0 atom stereocenters. The minimum Gasteiger partial charge on any atom is -0.495 e. The molecule has 3 N–H and O–H groups in total. The highest BCUT2D eigenvalue weighted by molar-refractivity contribution is 7.18. The molecule has 1 amide bonds. The third-order valence-corrected chi connectivity index (χ3v) is 4.11. The van der Waals surface area contributed by atoms with Crippen molar-refractivity contribution >= 4 is 45.5 Å². The number of amides is 1. The first-order valence-electron chi connectivity index (χ1n) is 6.01. The van der Waals surface area contributed by atoms with Crippen LogP contribution in [0.4, 0.5) is 16.6 Å². The Morgan fingerprint density at radius 3 is 2.76 bits per heavy atom. The number of hydrogen-bond acceptors (Lipinski definition) is 6. The number of ether oxygens (including phenoxy) is 1. The maximum absolute atomic E-state index is 12.3. The number of benzene rings is 1. The highest BCUT2D eigenvalue weighted by atomic mass is 35.5. The first-order chi connectivity index (χ1) is 9.92. The number of nitrogen functional groups attached to an aromatic ring is 1. The van der Waals surface area contributed by atoms with Crippen LogP contribution in [-0.2, 0) is 0 Å². The van der Waals surface area contributed by atoms with Gasteiger partial charge < -0.3 is 20.7 Å². The lowest BCUT2D eigenvalue weighted by Crippen LogP contribution is -2.13. The summed E-state index contributed by atoms with van der Waals surface area (Å²) in [6.07, 6.45) is 0. The predicted octanol–water partition coefficient (Wildman–Crippen LogP) is 2.71. The molecule has 0 aliphatic heterocycles. The highest BCUT2D eigenvalue weighted by Crippen LogP contribution is 2.31. The second kappa shape index (κ2) is 6.19. The SMILES string of the molecule is COc1ccc(Cl)cc1NC(=O)c1sc(N(C)C)nc1N. The van der Waals surface area contributed by atoms with Gasteiger partial charge in [-0.2, -0.15) is 0 Å². The average molecular weight is 327 g/mol. The molecule has 112 valence electrons. The number of nitrogens with one attached hydrogen (secondary N) is 1. The number of nitrogens with two attached hydrogens (primary N) is 1. The lowest BCUT2D eigenvalue weighted by molar-refractivity contribution is 0.103. The summed E-state index contributed by atoms with van der Waals surface area (Å²) in [6, 6.07) is 4.98. The van der Waals surface area contributed by atoms with E-state index in [2.05, 4.69) is 10.3 Å². The van der Waals surface area contributed by atoms with Crippen molar-refractivity contribution in [3.63, 3.8) is 0 Å². The number of rotatable bonds is 4. The van der Waals surface area contributed by atoms with E-state index < -0.39 is 0 Å². The number of methoxy groups -OCH3 is 1. The fourth-order valence-corrected chi connectivity index (χ4v) is 2.61. The fraction of sp³-hybridized carbons (Fsp3) is 0.231. The molecule has 2 rings (SSSR count). The lowest BCUT2D eigenvalue weighted by atomic mass is 10.3. The smallest absolute Gasteiger partial charge is 0.269 e. The maximum Gasteiger partial charge on any atom is 0.269 e. The van der Waals surface area contributed by atoms with Gasteiger partial charge in [0.1, 0.15) is 16.4 Å². The Balaban J connectivity index is 2.28. The second-order valence-electron chi connectivity index (χ2n) is 4.40. The summed E-state index contributed by atoms with van der Waals surface area (Å²) in [7, 11) is 5.18. The number of hydrogen-bond donors (Lipinski definition) is 2. The van der Waals surface area contributed by atoms with Gasteiger partial charge in [-0.05, 0) is 18.2 Å². The molecule has 1 aromatic carbocycles. The third kappa shape index (κ3) is 3.37. The van der Waals surface area contributed by atoms with E-state index in [1.807, 2.05) is 14.1 Å². The number of nitrogens with zero attached hydrogens (tertiary/aromatic N) is 2. The molecule has 0 fully saturated rings. The molecule has 0 aliphatic rings. The van der Waals surface area contributed by atoms with Crippen LogP contribution in [0.2, 0.25) is 5.02 Å². The minimum atomic E-state index is -0.348. The fourth-order valence-electron chi connectivity index (χ4n) is 1.63. The van der Waals surface area contributed by atoms with Crippen LogP contribution >= 0.6 is 22.9 Å². The number of thiazole rings is 1. The largest absolute Gasteiger partial charge is 0.495 e. The van der Waals surface area contributed by atoms with Crippen molar-refractivity contribution in [2.75, 3.05) is 37.2 Å². The maximum atomic E-state index is 12.3. The van der Waals surface area contributed by atoms with Gasteiger partial charge in [0.25, 0.3) is 5.91 Å². The quantitative estimate of drug-likeness (QED) is 0.903. The minimum absolute atomic E-state index is 0.196. The molecular weight excluding hydrogens is 312 g/mol. The topological polar surface area (TPSA) is 80.5 Å². The normalized spacial score (nSPS) is 10.3. The number of carbonyl (C=O) groups is 1. The number of halogens is 1. The van der Waals surface area contributed by atoms with Crippen LogP contribution in [-0.4, -0.2) is 32.1 Å². The van der Waals surface area contributed by atoms with Gasteiger partial charge in [-0.3, -0.25) is 4.79 Å². The Hall–Kier alpha value is -1.99. The van der Waals surface area contributed by atoms with E-state index in [-0.39, 0.29) is 11.7 Å². The van der Waals surface area contributed by atoms with Crippen LogP contribution in [0.25, 0.3) is 0 Å². The molecular formula is C13H15ClN4O2S. The molecule has 0 bridgehead atoms. The monoisotopic (exact) mass is 326 g/mol. The standard InChI is InChI=1S/C13H15ClN4O2S/c1-18(2)13-17-11(15)10(21-13)12(19)16-8-6-7(14)4-5-9(8)20-3/h4-6H,15H2,1-3H3,(H,16,19). The van der Waals surface area contributed by atoms with Crippen molar-refractivity contribution in [1.29, 1.82) is 0 Å². The van der Waals surface area contributed by atoms with Crippen LogP contribution in [0.15, 0.2) is 18.2 Å². The zero-order valence-electron chi connectivity index (χ0n) is 11.8. The number of carbonyl (C=O) groups excluding carboxylic acids is 1. The van der Waals surface area contributed by atoms with Crippen molar-refractivity contribution in [1.82, 2.24) is 4.98 Å². The van der Waals surface area contributed by atoms with Crippen LogP contribution in [0.3, 0.4) is 0 Å². The van der Waals surface area contributed by atoms with E-state index in [4.69, 9.17) is 22.1 Å². The van der Waals surface area contributed by atoms with Gasteiger partial charge in [-0.1, -0.05) is 22.9 Å². The van der Waals surface area contributed by atoms with Gasteiger partial charge in [0.05, 0.1) is 12.8 Å². The molecule has 8 heteroatoms. The van der Waals surface area contributed by atoms with Crippen molar-refractivity contribution in [2.24, 2.45) is 0 Å². The zero-order chi connectivity index (χ0) is 15.6. The van der Waals surface area contributed by atoms with Crippen molar-refractivity contribution in [3.8, 4) is 5.75 Å². The van der Waals surface area contributed by atoms with Crippen molar-refractivity contribution in [3.05, 3.63) is 28.1 Å². The summed E-state index contributed by atoms with van der Waals surface area (Å²) >= 11 is 7.15.